The molecule has 9 heteroatoms. The molecular formula is C17H36NO7P. The summed E-state index contributed by atoms with van der Waals surface area (Å²) in [6.07, 6.45) is 1.43. The van der Waals surface area contributed by atoms with Crippen LogP contribution in [-0.2, 0) is 27.6 Å². The molecule has 0 fully saturated rings. The van der Waals surface area contributed by atoms with Crippen molar-refractivity contribution in [3.05, 3.63) is 0 Å². The van der Waals surface area contributed by atoms with Gasteiger partial charge in [0.25, 0.3) is 0 Å². The van der Waals surface area contributed by atoms with Crippen LogP contribution in [0.3, 0.4) is 0 Å². The highest BCUT2D eigenvalue weighted by Crippen LogP contribution is 2.55. The van der Waals surface area contributed by atoms with Crippen LogP contribution in [0.4, 0.5) is 4.79 Å². The van der Waals surface area contributed by atoms with Gasteiger partial charge in [0.15, 0.2) is 0 Å². The summed E-state index contributed by atoms with van der Waals surface area (Å²) in [5.74, 6) is 0. The Morgan fingerprint density at radius 1 is 1.00 bits per heavy atom. The molecule has 0 radical (unpaired) electrons. The summed E-state index contributed by atoms with van der Waals surface area (Å²) in [5.41, 5.74) is -1.51. The fourth-order valence-electron chi connectivity index (χ4n) is 1.63. The van der Waals surface area contributed by atoms with E-state index in [-0.39, 0.29) is 0 Å². The van der Waals surface area contributed by atoms with Crippen molar-refractivity contribution in [1.29, 1.82) is 0 Å². The minimum absolute atomic E-state index is 0.386. The molecule has 0 aliphatic rings. The Kier molecular flexibility index (Phi) is 11.0. The van der Waals surface area contributed by atoms with E-state index in [4.69, 9.17) is 23.0 Å². The van der Waals surface area contributed by atoms with Crippen LogP contribution < -0.4 is 0 Å². The highest BCUT2D eigenvalue weighted by Gasteiger charge is 2.37. The number of carbonyl (C=O) groups is 1. The van der Waals surface area contributed by atoms with Gasteiger partial charge >= 0.3 is 13.9 Å². The predicted molar refractivity (Wildman–Crippen MR) is 100 cm³/mol. The molecule has 0 saturated carbocycles. The molecule has 0 N–H and O–H groups in total. The molecule has 0 saturated heterocycles. The zero-order valence-corrected chi connectivity index (χ0v) is 18.4. The third-order valence-electron chi connectivity index (χ3n) is 2.69. The highest BCUT2D eigenvalue weighted by atomic mass is 31.2. The number of hydrogen-bond acceptors (Lipinski definition) is 7. The van der Waals surface area contributed by atoms with Crippen molar-refractivity contribution >= 4 is 13.9 Å². The SMILES string of the molecule is CCCCOCCN(C)C(=O)OCOP(=O)(OC(C)(C)C)OC(C)(C)C. The van der Waals surface area contributed by atoms with Crippen molar-refractivity contribution in [2.24, 2.45) is 0 Å². The Morgan fingerprint density at radius 2 is 1.54 bits per heavy atom. The van der Waals surface area contributed by atoms with Gasteiger partial charge in [0.1, 0.15) is 0 Å². The van der Waals surface area contributed by atoms with Crippen LogP contribution in [0.5, 0.6) is 0 Å². The lowest BCUT2D eigenvalue weighted by molar-refractivity contribution is -0.0338. The van der Waals surface area contributed by atoms with Crippen molar-refractivity contribution in [3.8, 4) is 0 Å². The molecule has 8 nitrogen and oxygen atoms in total. The zero-order chi connectivity index (χ0) is 20.4. The molecular weight excluding hydrogens is 361 g/mol. The fraction of sp³-hybridized carbons (Fsp3) is 0.941. The molecule has 0 unspecified atom stereocenters. The summed E-state index contributed by atoms with van der Waals surface area (Å²) >= 11 is 0. The van der Waals surface area contributed by atoms with E-state index in [1.807, 2.05) is 0 Å². The van der Waals surface area contributed by atoms with Gasteiger partial charge < -0.3 is 14.4 Å². The summed E-state index contributed by atoms with van der Waals surface area (Å²) in [5, 5.41) is 0. The molecule has 0 atom stereocenters. The first-order valence-corrected chi connectivity index (χ1v) is 10.4. The number of amides is 1. The van der Waals surface area contributed by atoms with Gasteiger partial charge in [0, 0.05) is 20.2 Å². The third-order valence-corrected chi connectivity index (χ3v) is 4.65. The molecule has 0 aromatic heterocycles. The van der Waals surface area contributed by atoms with E-state index in [1.165, 1.54) is 4.90 Å². The van der Waals surface area contributed by atoms with Crippen LogP contribution in [-0.4, -0.2) is 55.8 Å². The van der Waals surface area contributed by atoms with Crippen LogP contribution in [0.1, 0.15) is 61.3 Å². The average molecular weight is 397 g/mol. The van der Waals surface area contributed by atoms with E-state index >= 15 is 0 Å². The van der Waals surface area contributed by atoms with Crippen molar-refractivity contribution < 1.29 is 32.4 Å². The number of hydrogen-bond donors (Lipinski definition) is 0. The van der Waals surface area contributed by atoms with E-state index in [1.54, 1.807) is 48.6 Å². The van der Waals surface area contributed by atoms with Crippen molar-refractivity contribution in [2.45, 2.75) is 72.5 Å². The first kappa shape index (κ1) is 25.3. The molecule has 156 valence electrons. The molecule has 0 aromatic rings. The molecule has 0 rings (SSSR count). The van der Waals surface area contributed by atoms with E-state index in [0.717, 1.165) is 12.8 Å². The zero-order valence-electron chi connectivity index (χ0n) is 17.5. The topological polar surface area (TPSA) is 83.5 Å². The summed E-state index contributed by atoms with van der Waals surface area (Å²) in [4.78, 5) is 13.3. The number of likely N-dealkylation sites (N-methyl/N-ethyl adjacent to an activating group) is 1. The van der Waals surface area contributed by atoms with Gasteiger partial charge in [-0.15, -0.1) is 0 Å². The van der Waals surface area contributed by atoms with E-state index in [9.17, 15) is 9.36 Å². The number of ether oxygens (including phenoxy) is 2. The second-order valence-electron chi connectivity index (χ2n) is 7.90. The lowest BCUT2D eigenvalue weighted by Crippen LogP contribution is -2.31. The van der Waals surface area contributed by atoms with Gasteiger partial charge in [-0.05, 0) is 48.0 Å². The number of rotatable bonds is 11. The van der Waals surface area contributed by atoms with E-state index < -0.39 is 31.9 Å². The fourth-order valence-corrected chi connectivity index (χ4v) is 3.30. The molecule has 0 spiro atoms. The summed E-state index contributed by atoms with van der Waals surface area (Å²) < 4.78 is 39.2. The second kappa shape index (κ2) is 11.2. The van der Waals surface area contributed by atoms with E-state index in [0.29, 0.717) is 19.8 Å². The minimum Gasteiger partial charge on any atom is -0.422 e. The van der Waals surface area contributed by atoms with Crippen molar-refractivity contribution in [3.63, 3.8) is 0 Å². The Bertz CT molecular complexity index is 437. The molecule has 1 amide bonds. The average Bonchev–Trinajstić information content (AvgIpc) is 2.42. The smallest absolute Gasteiger partial charge is 0.422 e. The summed E-state index contributed by atoms with van der Waals surface area (Å²) in [6, 6.07) is 0. The van der Waals surface area contributed by atoms with Gasteiger partial charge in [-0.25, -0.2) is 13.9 Å². The Morgan fingerprint density at radius 3 is 2.00 bits per heavy atom. The first-order valence-electron chi connectivity index (χ1n) is 8.90. The number of carbonyl (C=O) groups excluding carboxylic acids is 1. The van der Waals surface area contributed by atoms with Gasteiger partial charge in [-0.2, -0.15) is 0 Å². The van der Waals surface area contributed by atoms with Crippen LogP contribution in [0.15, 0.2) is 0 Å². The molecule has 0 aliphatic carbocycles. The van der Waals surface area contributed by atoms with Gasteiger partial charge in [0.2, 0.25) is 6.79 Å². The van der Waals surface area contributed by atoms with Gasteiger partial charge in [-0.1, -0.05) is 13.3 Å². The molecule has 0 aromatic carbocycles. The molecule has 0 aliphatic heterocycles. The Labute approximate surface area is 158 Å². The maximum Gasteiger partial charge on any atom is 0.478 e. The lowest BCUT2D eigenvalue weighted by atomic mass is 10.2. The van der Waals surface area contributed by atoms with Crippen LogP contribution in [0.2, 0.25) is 0 Å². The number of phosphoric ester groups is 1. The molecule has 0 bridgehead atoms. The second-order valence-corrected chi connectivity index (χ2v) is 9.42. The lowest BCUT2D eigenvalue weighted by Gasteiger charge is -2.30. The maximum atomic E-state index is 12.8. The standard InChI is InChI=1S/C17H36NO7P/c1-9-10-12-21-13-11-18(8)15(19)22-14-23-26(20,24-16(2,3)4)25-17(5,6)7/h9-14H2,1-8H3. The Balaban J connectivity index is 4.43. The molecule has 26 heavy (non-hydrogen) atoms. The predicted octanol–water partition coefficient (Wildman–Crippen LogP) is 4.58. The number of nitrogens with zero attached hydrogens (tertiary/aromatic N) is 1. The Hall–Kier alpha value is -0.660. The largest absolute Gasteiger partial charge is 0.478 e. The minimum atomic E-state index is -3.90. The normalized spacial score (nSPS) is 12.9. The van der Waals surface area contributed by atoms with Crippen LogP contribution in [0.25, 0.3) is 0 Å². The van der Waals surface area contributed by atoms with Crippen LogP contribution in [0, 0.1) is 0 Å². The van der Waals surface area contributed by atoms with Crippen LogP contribution >= 0.6 is 7.82 Å². The van der Waals surface area contributed by atoms with Crippen molar-refractivity contribution in [2.75, 3.05) is 33.6 Å². The van der Waals surface area contributed by atoms with Crippen molar-refractivity contribution in [1.82, 2.24) is 4.90 Å². The quantitative estimate of drug-likeness (QED) is 0.286. The van der Waals surface area contributed by atoms with Gasteiger partial charge in [0.05, 0.1) is 17.8 Å². The maximum absolute atomic E-state index is 12.8. The number of unbranched alkanes of at least 4 members (excludes halogenated alkanes) is 1. The highest BCUT2D eigenvalue weighted by molar-refractivity contribution is 7.48. The van der Waals surface area contributed by atoms with Gasteiger partial charge in [-0.3, -0.25) is 9.05 Å². The first-order chi connectivity index (χ1) is 11.8. The monoisotopic (exact) mass is 397 g/mol. The van der Waals surface area contributed by atoms with E-state index in [2.05, 4.69) is 6.92 Å². The third kappa shape index (κ3) is 13.5. The summed E-state index contributed by atoms with van der Waals surface area (Å²) in [6.45, 7) is 13.4. The molecule has 0 heterocycles. The summed E-state index contributed by atoms with van der Waals surface area (Å²) in [7, 11) is -2.32. The number of phosphoric acid groups is 1.